The van der Waals surface area contributed by atoms with Crippen molar-refractivity contribution in [2.24, 2.45) is 0 Å². The molecule has 2 aromatic heterocycles. The first kappa shape index (κ1) is 25.6. The molecule has 1 saturated heterocycles. The molecule has 1 aliphatic heterocycles. The first-order valence-electron chi connectivity index (χ1n) is 12.9. The predicted molar refractivity (Wildman–Crippen MR) is 145 cm³/mol. The average molecular weight is 509 g/mol. The molecule has 0 radical (unpaired) electrons. The van der Waals surface area contributed by atoms with Crippen molar-refractivity contribution < 1.29 is 15.0 Å². The smallest absolute Gasteiger partial charge is 0.321 e. The number of carbonyl (C=O) groups is 1. The van der Waals surface area contributed by atoms with Crippen LogP contribution in [0, 0.1) is 0 Å². The molecule has 3 heterocycles. The van der Waals surface area contributed by atoms with Crippen LogP contribution in [0.5, 0.6) is 0 Å². The monoisotopic (exact) mass is 508 g/mol. The van der Waals surface area contributed by atoms with Crippen molar-refractivity contribution in [2.75, 3.05) is 0 Å². The van der Waals surface area contributed by atoms with Crippen molar-refractivity contribution in [2.45, 2.75) is 50.2 Å². The molecule has 7 nitrogen and oxygen atoms in total. The lowest BCUT2D eigenvalue weighted by Crippen LogP contribution is -2.50. The van der Waals surface area contributed by atoms with E-state index in [0.29, 0.717) is 12.8 Å². The summed E-state index contributed by atoms with van der Waals surface area (Å²) >= 11 is 0. The Morgan fingerprint density at radius 3 is 1.34 bits per heavy atom. The Bertz CT molecular complexity index is 1190. The first-order chi connectivity index (χ1) is 18.6. The third-order valence-corrected chi connectivity index (χ3v) is 7.16. The van der Waals surface area contributed by atoms with Crippen molar-refractivity contribution in [1.29, 1.82) is 0 Å². The van der Waals surface area contributed by atoms with Crippen LogP contribution >= 0.6 is 0 Å². The number of rotatable bonds is 8. The zero-order chi connectivity index (χ0) is 26.3. The number of amides is 2. The van der Waals surface area contributed by atoms with Crippen LogP contribution in [0.3, 0.4) is 0 Å². The third kappa shape index (κ3) is 5.90. The van der Waals surface area contributed by atoms with Crippen LogP contribution in [-0.4, -0.2) is 60.3 Å². The van der Waals surface area contributed by atoms with E-state index in [1.807, 2.05) is 84.9 Å². The van der Waals surface area contributed by atoms with Crippen LogP contribution in [0.25, 0.3) is 0 Å². The summed E-state index contributed by atoms with van der Waals surface area (Å²) in [5.74, 6) is 0. The number of nitrogens with zero attached hydrogens (tertiary/aromatic N) is 4. The highest BCUT2D eigenvalue weighted by Crippen LogP contribution is 2.29. The zero-order valence-corrected chi connectivity index (χ0v) is 21.1. The Balaban J connectivity index is 1.57. The predicted octanol–water partition coefficient (Wildman–Crippen LogP) is 3.86. The molecule has 0 unspecified atom stereocenters. The van der Waals surface area contributed by atoms with Gasteiger partial charge in [0.05, 0.1) is 12.1 Å². The molecule has 0 spiro atoms. The highest BCUT2D eigenvalue weighted by molar-refractivity contribution is 5.76. The van der Waals surface area contributed by atoms with Crippen molar-refractivity contribution in [3.05, 3.63) is 132 Å². The molecular formula is C31H32N4O3. The molecule has 0 saturated carbocycles. The number of aliphatic hydroxyl groups is 2. The number of hydrogen-bond acceptors (Lipinski definition) is 5. The normalized spacial score (nSPS) is 21.8. The molecule has 1 fully saturated rings. The van der Waals surface area contributed by atoms with E-state index in [2.05, 4.69) is 9.97 Å². The van der Waals surface area contributed by atoms with Gasteiger partial charge in [0.25, 0.3) is 0 Å². The van der Waals surface area contributed by atoms with Crippen LogP contribution < -0.4 is 0 Å². The van der Waals surface area contributed by atoms with Gasteiger partial charge >= 0.3 is 6.03 Å². The van der Waals surface area contributed by atoms with E-state index in [4.69, 9.17) is 0 Å². The molecule has 0 bridgehead atoms. The van der Waals surface area contributed by atoms with Crippen LogP contribution in [0.1, 0.15) is 22.3 Å². The number of benzene rings is 2. The summed E-state index contributed by atoms with van der Waals surface area (Å²) in [6.07, 6.45) is 5.33. The molecule has 0 aliphatic carbocycles. The van der Waals surface area contributed by atoms with Crippen molar-refractivity contribution in [3.63, 3.8) is 0 Å². The van der Waals surface area contributed by atoms with Crippen LogP contribution in [0.15, 0.2) is 110 Å². The largest absolute Gasteiger partial charge is 0.388 e. The van der Waals surface area contributed by atoms with Gasteiger partial charge in [-0.25, -0.2) is 4.79 Å². The van der Waals surface area contributed by atoms with E-state index in [9.17, 15) is 15.0 Å². The maximum absolute atomic E-state index is 14.4. The minimum atomic E-state index is -1.16. The first-order valence-corrected chi connectivity index (χ1v) is 12.9. The average Bonchev–Trinajstić information content (AvgIpc) is 3.03. The van der Waals surface area contributed by atoms with Gasteiger partial charge in [0.1, 0.15) is 12.2 Å². The van der Waals surface area contributed by atoms with Gasteiger partial charge < -0.3 is 20.0 Å². The molecule has 1 aliphatic rings. The summed E-state index contributed by atoms with van der Waals surface area (Å²) in [6.45, 7) is 0.519. The summed E-state index contributed by atoms with van der Waals surface area (Å²) in [7, 11) is 0. The lowest BCUT2D eigenvalue weighted by molar-refractivity contribution is -0.0408. The minimum Gasteiger partial charge on any atom is -0.388 e. The molecule has 2 N–H and O–H groups in total. The quantitative estimate of drug-likeness (QED) is 0.377. The van der Waals surface area contributed by atoms with Gasteiger partial charge in [-0.15, -0.1) is 0 Å². The summed E-state index contributed by atoms with van der Waals surface area (Å²) < 4.78 is 0. The van der Waals surface area contributed by atoms with Gasteiger partial charge in [-0.1, -0.05) is 72.8 Å². The molecule has 5 rings (SSSR count). The summed E-state index contributed by atoms with van der Waals surface area (Å²) in [5, 5.41) is 23.4. The van der Waals surface area contributed by atoms with Gasteiger partial charge in [0.2, 0.25) is 0 Å². The van der Waals surface area contributed by atoms with Gasteiger partial charge in [-0.2, -0.15) is 0 Å². The van der Waals surface area contributed by atoms with Crippen molar-refractivity contribution in [3.8, 4) is 0 Å². The molecule has 7 heteroatoms. The van der Waals surface area contributed by atoms with Crippen molar-refractivity contribution >= 4 is 6.03 Å². The Hall–Kier alpha value is -4.07. The second kappa shape index (κ2) is 12.0. The minimum absolute atomic E-state index is 0.241. The maximum Gasteiger partial charge on any atom is 0.321 e. The standard InChI is InChI=1S/C31H32N4O3/c36-29-27(17-23-9-3-1-4-10-23)34(21-25-13-7-15-32-19-25)31(38)35(22-26-14-8-16-33-20-26)28(30(29)37)18-24-11-5-2-6-12-24/h1-16,19-20,27-30,36-37H,17-18,21-22H2/t27-,28-,29+,30+/m1/s1. The van der Waals surface area contributed by atoms with Crippen molar-refractivity contribution in [1.82, 2.24) is 19.8 Å². The molecular weight excluding hydrogens is 476 g/mol. The van der Waals surface area contributed by atoms with E-state index in [-0.39, 0.29) is 19.1 Å². The van der Waals surface area contributed by atoms with E-state index in [0.717, 1.165) is 22.3 Å². The molecule has 38 heavy (non-hydrogen) atoms. The number of aromatic nitrogens is 2. The fourth-order valence-electron chi connectivity index (χ4n) is 5.19. The van der Waals surface area contributed by atoms with Crippen LogP contribution in [-0.2, 0) is 25.9 Å². The summed E-state index contributed by atoms with van der Waals surface area (Å²) in [4.78, 5) is 26.3. The van der Waals surface area contributed by atoms with Crippen LogP contribution in [0.4, 0.5) is 4.79 Å². The topological polar surface area (TPSA) is 89.8 Å². The maximum atomic E-state index is 14.4. The molecule has 2 amide bonds. The number of carbonyl (C=O) groups excluding carboxylic acids is 1. The lowest BCUT2D eigenvalue weighted by Gasteiger charge is -2.35. The summed E-state index contributed by atoms with van der Waals surface area (Å²) in [6, 6.07) is 25.5. The Morgan fingerprint density at radius 2 is 0.974 bits per heavy atom. The molecule has 194 valence electrons. The number of hydrogen-bond donors (Lipinski definition) is 2. The highest BCUT2D eigenvalue weighted by atomic mass is 16.3. The Morgan fingerprint density at radius 1 is 0.579 bits per heavy atom. The number of urea groups is 1. The molecule has 4 aromatic rings. The van der Waals surface area contributed by atoms with Gasteiger partial charge in [0, 0.05) is 37.9 Å². The number of pyridine rings is 2. The highest BCUT2D eigenvalue weighted by Gasteiger charge is 2.46. The lowest BCUT2D eigenvalue weighted by atomic mass is 9.91. The zero-order valence-electron chi connectivity index (χ0n) is 21.1. The van der Waals surface area contributed by atoms with E-state index < -0.39 is 24.3 Å². The third-order valence-electron chi connectivity index (χ3n) is 7.16. The van der Waals surface area contributed by atoms with E-state index in [1.54, 1.807) is 34.6 Å². The van der Waals surface area contributed by atoms with E-state index in [1.165, 1.54) is 0 Å². The molecule has 2 aromatic carbocycles. The fraction of sp³-hybridized carbons (Fsp3) is 0.258. The number of aliphatic hydroxyl groups excluding tert-OH is 2. The second-order valence-electron chi connectivity index (χ2n) is 9.76. The van der Waals surface area contributed by atoms with Gasteiger partial charge in [0.15, 0.2) is 0 Å². The van der Waals surface area contributed by atoms with Gasteiger partial charge in [-0.3, -0.25) is 9.97 Å². The fourth-order valence-corrected chi connectivity index (χ4v) is 5.19. The second-order valence-corrected chi connectivity index (χ2v) is 9.76. The summed E-state index contributed by atoms with van der Waals surface area (Å²) in [5.41, 5.74) is 3.66. The van der Waals surface area contributed by atoms with E-state index >= 15 is 0 Å². The SMILES string of the molecule is O=C1N(Cc2cccnc2)[C@H](Cc2ccccc2)[C@H](O)[C@@H](O)[C@@H](Cc2ccccc2)N1Cc1cccnc1. The van der Waals surface area contributed by atoms with Gasteiger partial charge in [-0.05, 0) is 47.2 Å². The Labute approximate surface area is 223 Å². The van der Waals surface area contributed by atoms with Crippen LogP contribution in [0.2, 0.25) is 0 Å². The Kier molecular flexibility index (Phi) is 8.06. The molecule has 4 atom stereocenters.